The summed E-state index contributed by atoms with van der Waals surface area (Å²) in [4.78, 5) is 0. The Morgan fingerprint density at radius 1 is 1.32 bits per heavy atom. The summed E-state index contributed by atoms with van der Waals surface area (Å²) < 4.78 is 7.26. The quantitative estimate of drug-likeness (QED) is 0.517. The molecule has 0 radical (unpaired) electrons. The second-order valence-corrected chi connectivity index (χ2v) is 5.90. The molecular formula is C17H15ClN4O2S. The molecule has 0 aliphatic carbocycles. The number of nitrogens with zero attached hydrogens (tertiary/aromatic N) is 3. The molecular weight excluding hydrogens is 360 g/mol. The summed E-state index contributed by atoms with van der Waals surface area (Å²) >= 11 is 11.2. The van der Waals surface area contributed by atoms with Gasteiger partial charge in [-0.3, -0.25) is 0 Å². The van der Waals surface area contributed by atoms with Crippen LogP contribution in [0.2, 0.25) is 5.02 Å². The smallest absolute Gasteiger partial charge is 0.216 e. The molecule has 0 fully saturated rings. The van der Waals surface area contributed by atoms with Gasteiger partial charge in [-0.25, -0.2) is 5.10 Å². The first-order valence-electron chi connectivity index (χ1n) is 7.52. The van der Waals surface area contributed by atoms with E-state index in [9.17, 15) is 5.11 Å². The van der Waals surface area contributed by atoms with Crippen LogP contribution in [0.5, 0.6) is 11.5 Å². The van der Waals surface area contributed by atoms with E-state index in [2.05, 4.69) is 15.3 Å². The largest absolute Gasteiger partial charge is 0.504 e. The fourth-order valence-electron chi connectivity index (χ4n) is 2.19. The Labute approximate surface area is 154 Å². The number of aromatic amines is 1. The average molecular weight is 375 g/mol. The van der Waals surface area contributed by atoms with E-state index >= 15 is 0 Å². The number of phenols is 1. The maximum atomic E-state index is 9.76. The molecule has 25 heavy (non-hydrogen) atoms. The van der Waals surface area contributed by atoms with Gasteiger partial charge in [0.25, 0.3) is 0 Å². The van der Waals surface area contributed by atoms with Crippen LogP contribution in [0, 0.1) is 4.77 Å². The van der Waals surface area contributed by atoms with Gasteiger partial charge in [0.05, 0.1) is 12.8 Å². The van der Waals surface area contributed by atoms with Crippen molar-refractivity contribution in [2.24, 2.45) is 5.10 Å². The van der Waals surface area contributed by atoms with Crippen molar-refractivity contribution in [3.63, 3.8) is 0 Å². The SMILES string of the molecule is CCOc1cc(/C=N/n2c(-c3ccc(Cl)cc3)n[nH]c2=S)ccc1O. The number of phenolic OH excluding ortho intramolecular Hbond substituents is 1. The Kier molecular flexibility index (Phi) is 5.16. The lowest BCUT2D eigenvalue weighted by Crippen LogP contribution is -1.96. The van der Waals surface area contributed by atoms with Crippen molar-refractivity contribution in [3.05, 3.63) is 57.8 Å². The molecule has 0 spiro atoms. The molecule has 3 rings (SSSR count). The molecule has 2 aromatic carbocycles. The van der Waals surface area contributed by atoms with Crippen LogP contribution in [-0.4, -0.2) is 32.8 Å². The third-order valence-electron chi connectivity index (χ3n) is 3.36. The summed E-state index contributed by atoms with van der Waals surface area (Å²) in [7, 11) is 0. The van der Waals surface area contributed by atoms with Gasteiger partial charge < -0.3 is 9.84 Å². The minimum atomic E-state index is 0.0841. The molecule has 0 aliphatic heterocycles. The van der Waals surface area contributed by atoms with Crippen molar-refractivity contribution in [2.45, 2.75) is 6.92 Å². The number of H-pyrrole nitrogens is 1. The number of hydrogen-bond donors (Lipinski definition) is 2. The van der Waals surface area contributed by atoms with Gasteiger partial charge in [-0.2, -0.15) is 14.9 Å². The number of rotatable bonds is 5. The van der Waals surface area contributed by atoms with Gasteiger partial charge in [-0.05, 0) is 67.2 Å². The molecule has 0 bridgehead atoms. The van der Waals surface area contributed by atoms with Gasteiger partial charge in [0.15, 0.2) is 17.3 Å². The standard InChI is InChI=1S/C17H15ClN4O2S/c1-2-24-15-9-11(3-8-14(15)23)10-19-22-16(20-21-17(22)25)12-4-6-13(18)7-5-12/h3-10,23H,2H2,1H3,(H,21,25)/b19-10+. The number of ether oxygens (including phenoxy) is 1. The van der Waals surface area contributed by atoms with Gasteiger partial charge in [-0.1, -0.05) is 11.6 Å². The fourth-order valence-corrected chi connectivity index (χ4v) is 2.50. The molecule has 6 nitrogen and oxygen atoms in total. The molecule has 0 aliphatic rings. The third-order valence-corrected chi connectivity index (χ3v) is 3.88. The highest BCUT2D eigenvalue weighted by Crippen LogP contribution is 2.26. The van der Waals surface area contributed by atoms with Crippen LogP contribution in [0.15, 0.2) is 47.6 Å². The monoisotopic (exact) mass is 374 g/mol. The zero-order valence-corrected chi connectivity index (χ0v) is 14.9. The van der Waals surface area contributed by atoms with E-state index in [0.29, 0.717) is 28.0 Å². The number of hydrogen-bond acceptors (Lipinski definition) is 5. The lowest BCUT2D eigenvalue weighted by Gasteiger charge is -2.06. The fraction of sp³-hybridized carbons (Fsp3) is 0.118. The lowest BCUT2D eigenvalue weighted by molar-refractivity contribution is 0.318. The molecule has 3 aromatic rings. The Bertz CT molecular complexity index is 964. The zero-order chi connectivity index (χ0) is 17.8. The molecule has 0 saturated heterocycles. The lowest BCUT2D eigenvalue weighted by atomic mass is 10.2. The van der Waals surface area contributed by atoms with E-state index in [4.69, 9.17) is 28.6 Å². The maximum Gasteiger partial charge on any atom is 0.216 e. The summed E-state index contributed by atoms with van der Waals surface area (Å²) in [5.41, 5.74) is 1.58. The van der Waals surface area contributed by atoms with Crippen molar-refractivity contribution >= 4 is 30.0 Å². The van der Waals surface area contributed by atoms with Crippen molar-refractivity contribution < 1.29 is 9.84 Å². The van der Waals surface area contributed by atoms with E-state index < -0.39 is 0 Å². The molecule has 0 saturated carbocycles. The second-order valence-electron chi connectivity index (χ2n) is 5.08. The predicted molar refractivity (Wildman–Crippen MR) is 100 cm³/mol. The molecule has 2 N–H and O–H groups in total. The highest BCUT2D eigenvalue weighted by molar-refractivity contribution is 7.71. The summed E-state index contributed by atoms with van der Waals surface area (Å²) in [6.07, 6.45) is 1.62. The van der Waals surface area contributed by atoms with Crippen LogP contribution in [0.4, 0.5) is 0 Å². The maximum absolute atomic E-state index is 9.76. The van der Waals surface area contributed by atoms with Crippen molar-refractivity contribution in [2.75, 3.05) is 6.61 Å². The number of benzene rings is 2. The summed E-state index contributed by atoms with van der Waals surface area (Å²) in [6.45, 7) is 2.31. The van der Waals surface area contributed by atoms with E-state index in [0.717, 1.165) is 11.1 Å². The van der Waals surface area contributed by atoms with E-state index in [-0.39, 0.29) is 5.75 Å². The van der Waals surface area contributed by atoms with Crippen LogP contribution < -0.4 is 4.74 Å². The van der Waals surface area contributed by atoms with Gasteiger partial charge in [0.1, 0.15) is 0 Å². The minimum absolute atomic E-state index is 0.0841. The minimum Gasteiger partial charge on any atom is -0.504 e. The van der Waals surface area contributed by atoms with Crippen molar-refractivity contribution in [3.8, 4) is 22.9 Å². The summed E-state index contributed by atoms with van der Waals surface area (Å²) in [5.74, 6) is 1.06. The van der Waals surface area contributed by atoms with Crippen molar-refractivity contribution in [1.82, 2.24) is 14.9 Å². The van der Waals surface area contributed by atoms with Gasteiger partial charge in [0.2, 0.25) is 4.77 Å². The third kappa shape index (κ3) is 3.89. The molecule has 128 valence electrons. The van der Waals surface area contributed by atoms with E-state index in [1.807, 2.05) is 19.1 Å². The van der Waals surface area contributed by atoms with Gasteiger partial charge >= 0.3 is 0 Å². The number of nitrogens with one attached hydrogen (secondary N) is 1. The molecule has 8 heteroatoms. The van der Waals surface area contributed by atoms with Crippen molar-refractivity contribution in [1.29, 1.82) is 0 Å². The highest BCUT2D eigenvalue weighted by atomic mass is 35.5. The Balaban J connectivity index is 1.94. The summed E-state index contributed by atoms with van der Waals surface area (Å²) in [5, 5.41) is 21.7. The Morgan fingerprint density at radius 3 is 2.80 bits per heavy atom. The van der Waals surface area contributed by atoms with Gasteiger partial charge in [0, 0.05) is 10.6 Å². The van der Waals surface area contributed by atoms with Crippen LogP contribution in [0.3, 0.4) is 0 Å². The molecule has 1 aromatic heterocycles. The molecule has 0 unspecified atom stereocenters. The molecule has 0 atom stereocenters. The first kappa shape index (κ1) is 17.2. The highest BCUT2D eigenvalue weighted by Gasteiger charge is 2.08. The number of aromatic hydroxyl groups is 1. The summed E-state index contributed by atoms with van der Waals surface area (Å²) in [6, 6.07) is 12.2. The topological polar surface area (TPSA) is 75.4 Å². The van der Waals surface area contributed by atoms with Crippen LogP contribution in [0.25, 0.3) is 11.4 Å². The van der Waals surface area contributed by atoms with Crippen LogP contribution in [0.1, 0.15) is 12.5 Å². The number of halogens is 1. The van der Waals surface area contributed by atoms with Crippen LogP contribution >= 0.6 is 23.8 Å². The number of aromatic nitrogens is 3. The Morgan fingerprint density at radius 2 is 2.08 bits per heavy atom. The zero-order valence-electron chi connectivity index (χ0n) is 13.3. The van der Waals surface area contributed by atoms with Crippen LogP contribution in [-0.2, 0) is 0 Å². The normalized spacial score (nSPS) is 11.1. The predicted octanol–water partition coefficient (Wildman–Crippen LogP) is 4.25. The average Bonchev–Trinajstić information content (AvgIpc) is 2.97. The first-order valence-corrected chi connectivity index (χ1v) is 8.30. The molecule has 0 amide bonds. The molecule has 1 heterocycles. The van der Waals surface area contributed by atoms with E-state index in [1.165, 1.54) is 4.68 Å². The van der Waals surface area contributed by atoms with Gasteiger partial charge in [-0.15, -0.1) is 0 Å². The van der Waals surface area contributed by atoms with E-state index in [1.54, 1.807) is 36.5 Å². The first-order chi connectivity index (χ1) is 12.1. The Hall–Kier alpha value is -2.64. The second kappa shape index (κ2) is 7.50.